The summed E-state index contributed by atoms with van der Waals surface area (Å²) in [6, 6.07) is 1.42. The number of rotatable bonds is 8. The van der Waals surface area contributed by atoms with Gasteiger partial charge < -0.3 is 44.7 Å². The summed E-state index contributed by atoms with van der Waals surface area (Å²) in [7, 11) is 4.37. The molecule has 1 fully saturated rings. The van der Waals surface area contributed by atoms with Crippen molar-refractivity contribution in [3.05, 3.63) is 24.3 Å². The van der Waals surface area contributed by atoms with Gasteiger partial charge in [0.05, 0.1) is 39.8 Å². The van der Waals surface area contributed by atoms with Crippen molar-refractivity contribution in [1.29, 1.82) is 0 Å². The zero-order valence-corrected chi connectivity index (χ0v) is 18.2. The van der Waals surface area contributed by atoms with Gasteiger partial charge in [0, 0.05) is 12.6 Å². The lowest BCUT2D eigenvalue weighted by Gasteiger charge is -2.18. The Bertz CT molecular complexity index is 1140. The second kappa shape index (κ2) is 9.23. The van der Waals surface area contributed by atoms with E-state index < -0.39 is 31.1 Å². The standard InChI is InChI=1S/C20H25N5O8/c1-30-11-4-10(27)9(16(31-2)17(11)32-3)5-21-18-13-19(23-7-22-18)25(8-24-13)20-15(29)14(28)12(6-26)33-20/h4,7-8,12,14-15,20,26-29H,5-6H2,1-3H3,(H,21,22,23)/t12-,14-,15-,20?/m1/s1. The van der Waals surface area contributed by atoms with Gasteiger partial charge in [-0.3, -0.25) is 4.57 Å². The van der Waals surface area contributed by atoms with Crippen molar-refractivity contribution < 1.29 is 39.4 Å². The van der Waals surface area contributed by atoms with Crippen LogP contribution in [0.2, 0.25) is 0 Å². The van der Waals surface area contributed by atoms with Crippen LogP contribution in [0.3, 0.4) is 0 Å². The number of hydrogen-bond acceptors (Lipinski definition) is 12. The van der Waals surface area contributed by atoms with Gasteiger partial charge in [-0.1, -0.05) is 0 Å². The van der Waals surface area contributed by atoms with Crippen molar-refractivity contribution in [3.63, 3.8) is 0 Å². The first kappa shape index (κ1) is 22.8. The molecule has 13 nitrogen and oxygen atoms in total. The molecular formula is C20H25N5O8. The Labute approximate surface area is 188 Å². The molecule has 1 aliphatic heterocycles. The molecule has 0 saturated carbocycles. The molecule has 1 unspecified atom stereocenters. The zero-order chi connectivity index (χ0) is 23.7. The van der Waals surface area contributed by atoms with Crippen LogP contribution in [0.1, 0.15) is 11.8 Å². The number of phenols is 1. The van der Waals surface area contributed by atoms with Crippen LogP contribution in [0.4, 0.5) is 5.82 Å². The van der Waals surface area contributed by atoms with Crippen LogP contribution in [0.25, 0.3) is 11.2 Å². The topological polar surface area (TPSA) is 173 Å². The number of nitrogens with zero attached hydrogens (tertiary/aromatic N) is 4. The molecule has 3 aromatic rings. The number of methoxy groups -OCH3 is 3. The minimum absolute atomic E-state index is 0.0701. The number of fused-ring (bicyclic) bond motifs is 1. The molecule has 1 saturated heterocycles. The van der Waals surface area contributed by atoms with Crippen molar-refractivity contribution in [2.75, 3.05) is 33.3 Å². The maximum Gasteiger partial charge on any atom is 0.203 e. The van der Waals surface area contributed by atoms with E-state index in [-0.39, 0.29) is 12.3 Å². The van der Waals surface area contributed by atoms with Crippen LogP contribution in [0.5, 0.6) is 23.0 Å². The predicted molar refractivity (Wildman–Crippen MR) is 113 cm³/mol. The van der Waals surface area contributed by atoms with E-state index >= 15 is 0 Å². The van der Waals surface area contributed by atoms with E-state index in [4.69, 9.17) is 18.9 Å². The molecule has 4 atom stereocenters. The largest absolute Gasteiger partial charge is 0.507 e. The summed E-state index contributed by atoms with van der Waals surface area (Å²) in [6.07, 6.45) is -1.74. The molecule has 0 aliphatic carbocycles. The molecule has 4 rings (SSSR count). The van der Waals surface area contributed by atoms with Crippen molar-refractivity contribution in [2.24, 2.45) is 0 Å². The van der Waals surface area contributed by atoms with E-state index in [0.29, 0.717) is 39.8 Å². The highest BCUT2D eigenvalue weighted by molar-refractivity contribution is 5.82. The molecule has 1 aromatic carbocycles. The first-order valence-corrected chi connectivity index (χ1v) is 9.99. The number of hydrogen-bond donors (Lipinski definition) is 5. The number of ether oxygens (including phenoxy) is 4. The lowest BCUT2D eigenvalue weighted by atomic mass is 10.1. The first-order chi connectivity index (χ1) is 15.9. The first-order valence-electron chi connectivity index (χ1n) is 9.99. The van der Waals surface area contributed by atoms with Gasteiger partial charge in [-0.05, 0) is 0 Å². The summed E-state index contributed by atoms with van der Waals surface area (Å²) in [5.41, 5.74) is 1.12. The Morgan fingerprint density at radius 2 is 1.82 bits per heavy atom. The number of aromatic nitrogens is 4. The Morgan fingerprint density at radius 3 is 2.45 bits per heavy atom. The third-order valence-electron chi connectivity index (χ3n) is 5.49. The number of aromatic hydroxyl groups is 1. The van der Waals surface area contributed by atoms with Crippen LogP contribution >= 0.6 is 0 Å². The van der Waals surface area contributed by atoms with Gasteiger partial charge in [0.2, 0.25) is 5.75 Å². The number of phenolic OH excluding ortho intramolecular Hbond substituents is 1. The molecule has 0 radical (unpaired) electrons. The van der Waals surface area contributed by atoms with Gasteiger partial charge >= 0.3 is 0 Å². The number of aliphatic hydroxyl groups excluding tert-OH is 3. The monoisotopic (exact) mass is 463 g/mol. The number of imidazole rings is 1. The molecule has 5 N–H and O–H groups in total. The molecule has 0 amide bonds. The quantitative estimate of drug-likeness (QED) is 0.298. The average Bonchev–Trinajstić information content (AvgIpc) is 3.38. The number of aliphatic hydroxyl groups is 3. The summed E-state index contributed by atoms with van der Waals surface area (Å²) < 4.78 is 23.1. The Hall–Kier alpha value is -3.39. The van der Waals surface area contributed by atoms with Crippen LogP contribution < -0.4 is 19.5 Å². The summed E-state index contributed by atoms with van der Waals surface area (Å²) in [5.74, 6) is 1.22. The van der Waals surface area contributed by atoms with E-state index in [9.17, 15) is 20.4 Å². The van der Waals surface area contributed by atoms with Gasteiger partial charge in [0.15, 0.2) is 34.7 Å². The van der Waals surface area contributed by atoms with Crippen LogP contribution in [-0.4, -0.2) is 86.2 Å². The van der Waals surface area contributed by atoms with Gasteiger partial charge in [0.1, 0.15) is 30.4 Å². The van der Waals surface area contributed by atoms with E-state index in [1.54, 1.807) is 0 Å². The number of benzene rings is 1. The lowest BCUT2D eigenvalue weighted by molar-refractivity contribution is -0.0511. The van der Waals surface area contributed by atoms with Crippen LogP contribution in [0, 0.1) is 0 Å². The van der Waals surface area contributed by atoms with Crippen molar-refractivity contribution in [2.45, 2.75) is 31.1 Å². The normalized spacial score (nSPS) is 22.5. The molecule has 1 aliphatic rings. The maximum absolute atomic E-state index is 10.5. The highest BCUT2D eigenvalue weighted by Gasteiger charge is 2.44. The minimum Gasteiger partial charge on any atom is -0.507 e. The lowest BCUT2D eigenvalue weighted by Crippen LogP contribution is -2.33. The minimum atomic E-state index is -1.28. The van der Waals surface area contributed by atoms with E-state index in [1.165, 1.54) is 44.6 Å². The molecule has 2 aromatic heterocycles. The Balaban J connectivity index is 1.64. The SMILES string of the molecule is COc1cc(O)c(CNc2ncnc3c2ncn3C2O[C@H](CO)[C@@H](O)[C@H]2O)c(OC)c1OC. The molecule has 178 valence electrons. The van der Waals surface area contributed by atoms with Crippen molar-refractivity contribution in [1.82, 2.24) is 19.5 Å². The molecule has 33 heavy (non-hydrogen) atoms. The molecular weight excluding hydrogens is 438 g/mol. The summed E-state index contributed by atoms with van der Waals surface area (Å²) in [6.45, 7) is -0.345. The number of nitrogens with one attached hydrogen (secondary N) is 1. The molecule has 13 heteroatoms. The van der Waals surface area contributed by atoms with Crippen LogP contribution in [-0.2, 0) is 11.3 Å². The van der Waals surface area contributed by atoms with Crippen LogP contribution in [0.15, 0.2) is 18.7 Å². The third-order valence-corrected chi connectivity index (χ3v) is 5.49. The van der Waals surface area contributed by atoms with E-state index in [0.717, 1.165) is 0 Å². The second-order valence-corrected chi connectivity index (χ2v) is 7.27. The van der Waals surface area contributed by atoms with Gasteiger partial charge in [-0.2, -0.15) is 0 Å². The Morgan fingerprint density at radius 1 is 1.06 bits per heavy atom. The summed E-state index contributed by atoms with van der Waals surface area (Å²) in [4.78, 5) is 12.7. The molecule has 0 spiro atoms. The van der Waals surface area contributed by atoms with Gasteiger partial charge in [-0.25, -0.2) is 15.0 Å². The fourth-order valence-electron chi connectivity index (χ4n) is 3.82. The zero-order valence-electron chi connectivity index (χ0n) is 18.2. The second-order valence-electron chi connectivity index (χ2n) is 7.27. The number of anilines is 1. The highest BCUT2D eigenvalue weighted by Crippen LogP contribution is 2.45. The van der Waals surface area contributed by atoms with Gasteiger partial charge in [-0.15, -0.1) is 0 Å². The fraction of sp³-hybridized carbons (Fsp3) is 0.450. The smallest absolute Gasteiger partial charge is 0.203 e. The third kappa shape index (κ3) is 3.84. The summed E-state index contributed by atoms with van der Waals surface area (Å²) >= 11 is 0. The fourth-order valence-corrected chi connectivity index (χ4v) is 3.82. The van der Waals surface area contributed by atoms with Gasteiger partial charge in [0.25, 0.3) is 0 Å². The molecule has 0 bridgehead atoms. The molecule has 3 heterocycles. The van der Waals surface area contributed by atoms with Crippen molar-refractivity contribution >= 4 is 17.0 Å². The maximum atomic E-state index is 10.5. The highest BCUT2D eigenvalue weighted by atomic mass is 16.6. The summed E-state index contributed by atoms with van der Waals surface area (Å²) in [5, 5.41) is 43.3. The predicted octanol–water partition coefficient (Wildman–Crippen LogP) is -0.219. The van der Waals surface area contributed by atoms with Crippen molar-refractivity contribution in [3.8, 4) is 23.0 Å². The Kier molecular flexibility index (Phi) is 6.37. The van der Waals surface area contributed by atoms with E-state index in [1.807, 2.05) is 0 Å². The average molecular weight is 463 g/mol. The van der Waals surface area contributed by atoms with E-state index in [2.05, 4.69) is 20.3 Å².